The zero-order valence-corrected chi connectivity index (χ0v) is 9.33. The lowest BCUT2D eigenvalue weighted by Gasteiger charge is -2.02. The molecule has 0 radical (unpaired) electrons. The molecule has 2 N–H and O–H groups in total. The van der Waals surface area contributed by atoms with E-state index < -0.39 is 0 Å². The normalized spacial score (nSPS) is 11.1. The van der Waals surface area contributed by atoms with Crippen molar-refractivity contribution in [3.63, 3.8) is 0 Å². The Morgan fingerprint density at radius 1 is 1.47 bits per heavy atom. The predicted molar refractivity (Wildman–Crippen MR) is 62.1 cm³/mol. The second-order valence-corrected chi connectivity index (χ2v) is 3.80. The standard InChI is InChI=1S/C12H17N3/c1-3-12-14-9(2)11-8-10(4-6-13)5-7-15(11)12/h5,7-8H,3-4,6,13H2,1-2H3. The van der Waals surface area contributed by atoms with Crippen LogP contribution in [0.25, 0.3) is 5.52 Å². The summed E-state index contributed by atoms with van der Waals surface area (Å²) in [5, 5.41) is 0. The van der Waals surface area contributed by atoms with Crippen molar-refractivity contribution in [2.75, 3.05) is 6.54 Å². The second kappa shape index (κ2) is 4.03. The van der Waals surface area contributed by atoms with E-state index in [2.05, 4.69) is 41.6 Å². The zero-order chi connectivity index (χ0) is 10.8. The molecule has 3 heteroatoms. The van der Waals surface area contributed by atoms with Crippen LogP contribution in [0.3, 0.4) is 0 Å². The number of aromatic nitrogens is 2. The van der Waals surface area contributed by atoms with E-state index in [1.54, 1.807) is 0 Å². The third-order valence-electron chi connectivity index (χ3n) is 2.71. The van der Waals surface area contributed by atoms with Crippen molar-refractivity contribution in [3.05, 3.63) is 35.4 Å². The molecule has 0 aliphatic rings. The Balaban J connectivity index is 2.56. The van der Waals surface area contributed by atoms with Crippen LogP contribution in [0.4, 0.5) is 0 Å². The fourth-order valence-corrected chi connectivity index (χ4v) is 1.92. The average molecular weight is 203 g/mol. The first kappa shape index (κ1) is 10.2. The molecule has 0 amide bonds. The molecule has 0 atom stereocenters. The molecule has 0 aromatic carbocycles. The molecule has 0 unspecified atom stereocenters. The summed E-state index contributed by atoms with van der Waals surface area (Å²) in [4.78, 5) is 4.54. The van der Waals surface area contributed by atoms with E-state index in [4.69, 9.17) is 5.73 Å². The molecule has 0 aliphatic heterocycles. The van der Waals surface area contributed by atoms with E-state index in [1.165, 1.54) is 11.1 Å². The lowest BCUT2D eigenvalue weighted by atomic mass is 10.2. The predicted octanol–water partition coefficient (Wildman–Crippen LogP) is 1.71. The van der Waals surface area contributed by atoms with Gasteiger partial charge in [0.15, 0.2) is 0 Å². The summed E-state index contributed by atoms with van der Waals surface area (Å²) in [6.45, 7) is 4.88. The summed E-state index contributed by atoms with van der Waals surface area (Å²) in [5.41, 5.74) is 9.15. The van der Waals surface area contributed by atoms with Crippen molar-refractivity contribution in [3.8, 4) is 0 Å². The number of hydrogen-bond donors (Lipinski definition) is 1. The van der Waals surface area contributed by atoms with Crippen molar-refractivity contribution in [2.45, 2.75) is 26.7 Å². The Morgan fingerprint density at radius 3 is 2.93 bits per heavy atom. The number of imidazole rings is 1. The van der Waals surface area contributed by atoms with Crippen LogP contribution < -0.4 is 5.73 Å². The number of fused-ring (bicyclic) bond motifs is 1. The van der Waals surface area contributed by atoms with Gasteiger partial charge in [0.1, 0.15) is 5.82 Å². The van der Waals surface area contributed by atoms with Gasteiger partial charge in [-0.15, -0.1) is 0 Å². The highest BCUT2D eigenvalue weighted by atomic mass is 15.0. The zero-order valence-electron chi connectivity index (χ0n) is 9.33. The molecular weight excluding hydrogens is 186 g/mol. The highest BCUT2D eigenvalue weighted by Gasteiger charge is 2.06. The fraction of sp³-hybridized carbons (Fsp3) is 0.417. The number of pyridine rings is 1. The van der Waals surface area contributed by atoms with Gasteiger partial charge in [-0.3, -0.25) is 0 Å². The molecular formula is C12H17N3. The molecule has 0 spiro atoms. The van der Waals surface area contributed by atoms with E-state index in [0.29, 0.717) is 6.54 Å². The third-order valence-corrected chi connectivity index (χ3v) is 2.71. The van der Waals surface area contributed by atoms with Crippen LogP contribution in [0.2, 0.25) is 0 Å². The SMILES string of the molecule is CCc1nc(C)c2cc(CCN)ccn12. The molecule has 2 rings (SSSR count). The molecule has 80 valence electrons. The number of nitrogens with zero attached hydrogens (tertiary/aromatic N) is 2. The fourth-order valence-electron chi connectivity index (χ4n) is 1.92. The Bertz CT molecular complexity index is 471. The Hall–Kier alpha value is -1.35. The maximum atomic E-state index is 5.55. The third kappa shape index (κ3) is 1.75. The van der Waals surface area contributed by atoms with E-state index in [-0.39, 0.29) is 0 Å². The molecule has 0 saturated carbocycles. The van der Waals surface area contributed by atoms with Gasteiger partial charge in [0.05, 0.1) is 11.2 Å². The largest absolute Gasteiger partial charge is 0.330 e. The van der Waals surface area contributed by atoms with Crippen molar-refractivity contribution in [1.29, 1.82) is 0 Å². The van der Waals surface area contributed by atoms with Gasteiger partial charge in [-0.1, -0.05) is 6.92 Å². The second-order valence-electron chi connectivity index (χ2n) is 3.80. The van der Waals surface area contributed by atoms with Gasteiger partial charge in [0.25, 0.3) is 0 Å². The van der Waals surface area contributed by atoms with E-state index in [9.17, 15) is 0 Å². The van der Waals surface area contributed by atoms with Crippen molar-refractivity contribution in [2.24, 2.45) is 5.73 Å². The minimum Gasteiger partial charge on any atom is -0.330 e. The summed E-state index contributed by atoms with van der Waals surface area (Å²) in [7, 11) is 0. The average Bonchev–Trinajstić information content (AvgIpc) is 2.56. The molecule has 0 bridgehead atoms. The van der Waals surface area contributed by atoms with Crippen molar-refractivity contribution in [1.82, 2.24) is 9.38 Å². The first-order valence-corrected chi connectivity index (χ1v) is 5.42. The van der Waals surface area contributed by atoms with E-state index >= 15 is 0 Å². The molecule has 15 heavy (non-hydrogen) atoms. The summed E-state index contributed by atoms with van der Waals surface area (Å²) in [5.74, 6) is 1.13. The Kier molecular flexibility index (Phi) is 2.73. The maximum absolute atomic E-state index is 5.55. The van der Waals surface area contributed by atoms with E-state index in [0.717, 1.165) is 24.4 Å². The first-order valence-electron chi connectivity index (χ1n) is 5.42. The molecule has 0 saturated heterocycles. The summed E-state index contributed by atoms with van der Waals surface area (Å²) in [6.07, 6.45) is 3.99. The Morgan fingerprint density at radius 2 is 2.27 bits per heavy atom. The molecule has 3 nitrogen and oxygen atoms in total. The molecule has 2 aromatic heterocycles. The monoisotopic (exact) mass is 203 g/mol. The summed E-state index contributed by atoms with van der Waals surface area (Å²) in [6, 6.07) is 4.31. The van der Waals surface area contributed by atoms with Gasteiger partial charge in [-0.2, -0.15) is 0 Å². The Labute approximate surface area is 89.9 Å². The van der Waals surface area contributed by atoms with Crippen LogP contribution in [-0.2, 0) is 12.8 Å². The van der Waals surface area contributed by atoms with Gasteiger partial charge < -0.3 is 10.1 Å². The van der Waals surface area contributed by atoms with Crippen LogP contribution in [0.15, 0.2) is 18.3 Å². The van der Waals surface area contributed by atoms with Gasteiger partial charge in [-0.25, -0.2) is 4.98 Å². The number of rotatable bonds is 3. The van der Waals surface area contributed by atoms with Crippen LogP contribution in [0.1, 0.15) is 24.0 Å². The number of aryl methyl sites for hydroxylation is 2. The van der Waals surface area contributed by atoms with Crippen LogP contribution >= 0.6 is 0 Å². The number of hydrogen-bond acceptors (Lipinski definition) is 2. The first-order chi connectivity index (χ1) is 7.26. The van der Waals surface area contributed by atoms with Gasteiger partial charge >= 0.3 is 0 Å². The van der Waals surface area contributed by atoms with Crippen LogP contribution in [0, 0.1) is 6.92 Å². The van der Waals surface area contributed by atoms with Gasteiger partial charge in [0.2, 0.25) is 0 Å². The highest BCUT2D eigenvalue weighted by Crippen LogP contribution is 2.15. The molecule has 0 aliphatic carbocycles. The quantitative estimate of drug-likeness (QED) is 0.825. The lowest BCUT2D eigenvalue weighted by molar-refractivity contribution is 0.919. The molecule has 0 fully saturated rings. The number of nitrogens with two attached hydrogens (primary N) is 1. The van der Waals surface area contributed by atoms with Crippen molar-refractivity contribution >= 4 is 5.52 Å². The minimum absolute atomic E-state index is 0.698. The smallest absolute Gasteiger partial charge is 0.113 e. The van der Waals surface area contributed by atoms with Crippen LogP contribution in [-0.4, -0.2) is 15.9 Å². The summed E-state index contributed by atoms with van der Waals surface area (Å²) < 4.78 is 2.16. The van der Waals surface area contributed by atoms with E-state index in [1.807, 2.05) is 0 Å². The molecule has 2 heterocycles. The van der Waals surface area contributed by atoms with Gasteiger partial charge in [0, 0.05) is 12.6 Å². The van der Waals surface area contributed by atoms with Crippen molar-refractivity contribution < 1.29 is 0 Å². The minimum atomic E-state index is 0.698. The highest BCUT2D eigenvalue weighted by molar-refractivity contribution is 5.54. The maximum Gasteiger partial charge on any atom is 0.113 e. The lowest BCUT2D eigenvalue weighted by Crippen LogP contribution is -2.03. The van der Waals surface area contributed by atoms with Crippen LogP contribution in [0.5, 0.6) is 0 Å². The topological polar surface area (TPSA) is 43.3 Å². The summed E-state index contributed by atoms with van der Waals surface area (Å²) >= 11 is 0. The van der Waals surface area contributed by atoms with Gasteiger partial charge in [-0.05, 0) is 37.6 Å². The molecule has 2 aromatic rings.